The molecule has 0 aliphatic rings. The Labute approximate surface area is 129 Å². The summed E-state index contributed by atoms with van der Waals surface area (Å²) < 4.78 is 11.1. The Morgan fingerprint density at radius 3 is 2.80 bits per heavy atom. The van der Waals surface area contributed by atoms with Gasteiger partial charge in [0.15, 0.2) is 0 Å². The smallest absolute Gasteiger partial charge is 0.265 e. The summed E-state index contributed by atoms with van der Waals surface area (Å²) in [7, 11) is 1.61. The molecule has 0 atom stereocenters. The van der Waals surface area contributed by atoms with Crippen LogP contribution < -0.4 is 10.1 Å². The van der Waals surface area contributed by atoms with E-state index in [2.05, 4.69) is 26.2 Å². The van der Waals surface area contributed by atoms with Crippen molar-refractivity contribution in [1.29, 1.82) is 0 Å². The number of carbonyl (C=O) groups excluding carboxylic acids is 1. The molecule has 0 aliphatic carbocycles. The average Bonchev–Trinajstić information content (AvgIpc) is 2.88. The molecule has 20 heavy (non-hydrogen) atoms. The number of thiophene rings is 1. The number of aromatic nitrogens is 1. The SMILES string of the molecule is COCCOc1ccc(NC(=O)c2ccc(Br)s2)cn1. The van der Waals surface area contributed by atoms with Crippen molar-refractivity contribution in [2.45, 2.75) is 0 Å². The van der Waals surface area contributed by atoms with E-state index >= 15 is 0 Å². The molecule has 0 spiro atoms. The third-order valence-electron chi connectivity index (χ3n) is 2.33. The van der Waals surface area contributed by atoms with Crippen LogP contribution >= 0.6 is 27.3 Å². The maximum atomic E-state index is 11.9. The third-order valence-corrected chi connectivity index (χ3v) is 3.95. The lowest BCUT2D eigenvalue weighted by Crippen LogP contribution is -2.10. The van der Waals surface area contributed by atoms with E-state index in [1.54, 1.807) is 31.5 Å². The van der Waals surface area contributed by atoms with Gasteiger partial charge < -0.3 is 14.8 Å². The van der Waals surface area contributed by atoms with Crippen LogP contribution in [-0.4, -0.2) is 31.2 Å². The Morgan fingerprint density at radius 1 is 1.35 bits per heavy atom. The highest BCUT2D eigenvalue weighted by Gasteiger charge is 2.09. The number of nitrogens with one attached hydrogen (secondary N) is 1. The fourth-order valence-corrected chi connectivity index (χ4v) is 2.68. The molecule has 2 heterocycles. The molecule has 0 saturated heterocycles. The highest BCUT2D eigenvalue weighted by atomic mass is 79.9. The number of hydrogen-bond acceptors (Lipinski definition) is 5. The van der Waals surface area contributed by atoms with Crippen LogP contribution in [0.25, 0.3) is 0 Å². The van der Waals surface area contributed by atoms with Gasteiger partial charge in [-0.15, -0.1) is 11.3 Å². The maximum Gasteiger partial charge on any atom is 0.265 e. The van der Waals surface area contributed by atoms with Gasteiger partial charge in [-0.1, -0.05) is 0 Å². The van der Waals surface area contributed by atoms with Crippen LogP contribution in [0.3, 0.4) is 0 Å². The fourth-order valence-electron chi connectivity index (χ4n) is 1.40. The molecular weight excluding hydrogens is 344 g/mol. The lowest BCUT2D eigenvalue weighted by Gasteiger charge is -2.06. The molecule has 2 aromatic heterocycles. The third kappa shape index (κ3) is 4.29. The van der Waals surface area contributed by atoms with Gasteiger partial charge in [-0.3, -0.25) is 4.79 Å². The lowest BCUT2D eigenvalue weighted by atomic mass is 10.4. The quantitative estimate of drug-likeness (QED) is 0.807. The first kappa shape index (κ1) is 15.0. The summed E-state index contributed by atoms with van der Waals surface area (Å²) in [5.41, 5.74) is 0.624. The molecule has 5 nitrogen and oxygen atoms in total. The molecule has 0 aromatic carbocycles. The molecule has 0 radical (unpaired) electrons. The number of nitrogens with zero attached hydrogens (tertiary/aromatic N) is 1. The van der Waals surface area contributed by atoms with Crippen LogP contribution in [0.5, 0.6) is 5.88 Å². The molecule has 0 unspecified atom stereocenters. The van der Waals surface area contributed by atoms with Crippen molar-refractivity contribution < 1.29 is 14.3 Å². The second-order valence-electron chi connectivity index (χ2n) is 3.78. The first-order chi connectivity index (χ1) is 9.69. The minimum atomic E-state index is -0.157. The van der Waals surface area contributed by atoms with Gasteiger partial charge in [-0.25, -0.2) is 4.98 Å². The normalized spacial score (nSPS) is 10.3. The molecule has 106 valence electrons. The Bertz CT molecular complexity index is 571. The van der Waals surface area contributed by atoms with E-state index in [0.29, 0.717) is 29.7 Å². The van der Waals surface area contributed by atoms with Crippen LogP contribution in [0.2, 0.25) is 0 Å². The van der Waals surface area contributed by atoms with E-state index in [-0.39, 0.29) is 5.91 Å². The monoisotopic (exact) mass is 356 g/mol. The molecule has 0 fully saturated rings. The molecule has 1 amide bonds. The Morgan fingerprint density at radius 2 is 2.20 bits per heavy atom. The lowest BCUT2D eigenvalue weighted by molar-refractivity contribution is 0.103. The fraction of sp³-hybridized carbons (Fsp3) is 0.231. The van der Waals surface area contributed by atoms with E-state index in [9.17, 15) is 4.79 Å². The maximum absolute atomic E-state index is 11.9. The first-order valence-electron chi connectivity index (χ1n) is 5.83. The van der Waals surface area contributed by atoms with E-state index in [1.807, 2.05) is 6.07 Å². The summed E-state index contributed by atoms with van der Waals surface area (Å²) in [6.07, 6.45) is 1.56. The molecule has 0 saturated carbocycles. The zero-order chi connectivity index (χ0) is 14.4. The number of halogens is 1. The minimum Gasteiger partial charge on any atom is -0.475 e. The molecular formula is C13H13BrN2O3S. The Hall–Kier alpha value is -1.44. The summed E-state index contributed by atoms with van der Waals surface area (Å²) in [4.78, 5) is 16.7. The second kappa shape index (κ2) is 7.37. The highest BCUT2D eigenvalue weighted by Crippen LogP contribution is 2.23. The van der Waals surface area contributed by atoms with E-state index in [1.165, 1.54) is 11.3 Å². The number of anilines is 1. The number of carbonyl (C=O) groups is 1. The van der Waals surface area contributed by atoms with Gasteiger partial charge in [-0.05, 0) is 34.1 Å². The molecule has 0 aliphatic heterocycles. The number of rotatable bonds is 6. The molecule has 0 bridgehead atoms. The predicted octanol–water partition coefficient (Wildman–Crippen LogP) is 3.18. The molecule has 1 N–H and O–H groups in total. The number of ether oxygens (including phenoxy) is 2. The van der Waals surface area contributed by atoms with E-state index in [4.69, 9.17) is 9.47 Å². The topological polar surface area (TPSA) is 60.5 Å². The summed E-state index contributed by atoms with van der Waals surface area (Å²) in [5, 5.41) is 2.77. The molecule has 2 aromatic rings. The Kier molecular flexibility index (Phi) is 5.51. The summed E-state index contributed by atoms with van der Waals surface area (Å²) in [6.45, 7) is 0.950. The standard InChI is InChI=1S/C13H13BrN2O3S/c1-18-6-7-19-12-5-2-9(8-15-12)16-13(17)10-3-4-11(14)20-10/h2-5,8H,6-7H2,1H3,(H,16,17). The van der Waals surface area contributed by atoms with Crippen LogP contribution in [0.1, 0.15) is 9.67 Å². The van der Waals surface area contributed by atoms with Gasteiger partial charge in [0, 0.05) is 13.2 Å². The number of amides is 1. The van der Waals surface area contributed by atoms with Crippen molar-refractivity contribution in [3.05, 3.63) is 39.1 Å². The van der Waals surface area contributed by atoms with Crippen molar-refractivity contribution in [2.75, 3.05) is 25.6 Å². The van der Waals surface area contributed by atoms with Crippen molar-refractivity contribution >= 4 is 38.9 Å². The van der Waals surface area contributed by atoms with Crippen molar-refractivity contribution in [2.24, 2.45) is 0 Å². The van der Waals surface area contributed by atoms with Crippen molar-refractivity contribution in [1.82, 2.24) is 4.98 Å². The molecule has 7 heteroatoms. The van der Waals surface area contributed by atoms with Crippen molar-refractivity contribution in [3.8, 4) is 5.88 Å². The van der Waals surface area contributed by atoms with Gasteiger partial charge in [0.1, 0.15) is 6.61 Å². The summed E-state index contributed by atoms with van der Waals surface area (Å²) in [5.74, 6) is 0.342. The van der Waals surface area contributed by atoms with Gasteiger partial charge >= 0.3 is 0 Å². The minimum absolute atomic E-state index is 0.157. The number of hydrogen-bond donors (Lipinski definition) is 1. The van der Waals surface area contributed by atoms with Gasteiger partial charge in [0.05, 0.1) is 27.2 Å². The average molecular weight is 357 g/mol. The van der Waals surface area contributed by atoms with E-state index < -0.39 is 0 Å². The van der Waals surface area contributed by atoms with E-state index in [0.717, 1.165) is 3.79 Å². The van der Waals surface area contributed by atoms with Crippen LogP contribution in [0.15, 0.2) is 34.2 Å². The van der Waals surface area contributed by atoms with Gasteiger partial charge in [0.25, 0.3) is 5.91 Å². The summed E-state index contributed by atoms with van der Waals surface area (Å²) in [6, 6.07) is 7.05. The first-order valence-corrected chi connectivity index (χ1v) is 7.44. The van der Waals surface area contributed by atoms with Crippen LogP contribution in [0, 0.1) is 0 Å². The largest absolute Gasteiger partial charge is 0.475 e. The van der Waals surface area contributed by atoms with Gasteiger partial charge in [-0.2, -0.15) is 0 Å². The highest BCUT2D eigenvalue weighted by molar-refractivity contribution is 9.11. The predicted molar refractivity (Wildman–Crippen MR) is 81.6 cm³/mol. The van der Waals surface area contributed by atoms with Gasteiger partial charge in [0.2, 0.25) is 5.88 Å². The van der Waals surface area contributed by atoms with Crippen molar-refractivity contribution in [3.63, 3.8) is 0 Å². The Balaban J connectivity index is 1.91. The second-order valence-corrected chi connectivity index (χ2v) is 6.25. The van der Waals surface area contributed by atoms with Crippen LogP contribution in [-0.2, 0) is 4.74 Å². The van der Waals surface area contributed by atoms with Crippen LogP contribution in [0.4, 0.5) is 5.69 Å². The summed E-state index contributed by atoms with van der Waals surface area (Å²) >= 11 is 4.70. The number of methoxy groups -OCH3 is 1. The zero-order valence-electron chi connectivity index (χ0n) is 10.8. The number of pyridine rings is 1. The molecule has 2 rings (SSSR count). The zero-order valence-corrected chi connectivity index (χ0v) is 13.2.